The average molecular weight is 417 g/mol. The number of nitrogens with one attached hydrogen (secondary N) is 2. The Balaban J connectivity index is 2.17. The number of nitro benzene ring substituents is 1. The van der Waals surface area contributed by atoms with Crippen LogP contribution >= 0.6 is 0 Å². The molecule has 0 saturated heterocycles. The molecule has 0 atom stereocenters. The van der Waals surface area contributed by atoms with Gasteiger partial charge in [0.25, 0.3) is 11.6 Å². The number of aryl methyl sites for hydroxylation is 1. The predicted octanol–water partition coefficient (Wildman–Crippen LogP) is 2.69. The van der Waals surface area contributed by atoms with Gasteiger partial charge >= 0.3 is 0 Å². The second kappa shape index (κ2) is 10.1. The number of hydrogen-bond acceptors (Lipinski definition) is 7. The van der Waals surface area contributed by atoms with Crippen LogP contribution in [0.4, 0.5) is 11.4 Å². The van der Waals surface area contributed by atoms with Gasteiger partial charge in [0.2, 0.25) is 5.91 Å². The largest absolute Gasteiger partial charge is 0.495 e. The van der Waals surface area contributed by atoms with Gasteiger partial charge in [0.15, 0.2) is 11.5 Å². The number of carbonyl (C=O) groups excluding carboxylic acids is 2. The van der Waals surface area contributed by atoms with Crippen LogP contribution < -0.4 is 24.8 Å². The van der Waals surface area contributed by atoms with Crippen molar-refractivity contribution in [3.8, 4) is 17.2 Å². The van der Waals surface area contributed by atoms with Gasteiger partial charge in [-0.05, 0) is 31.5 Å². The van der Waals surface area contributed by atoms with Crippen LogP contribution in [0.5, 0.6) is 17.2 Å². The minimum atomic E-state index is -0.795. The number of benzene rings is 2. The SMILES string of the molecule is CCOc1cc(C(=O)NCC(=O)Nc2cc(C)ccc2OC)c([N+](=O)[O-])cc1OC. The van der Waals surface area contributed by atoms with Crippen molar-refractivity contribution in [2.24, 2.45) is 0 Å². The molecule has 160 valence electrons. The molecule has 10 heteroatoms. The fraction of sp³-hybridized carbons (Fsp3) is 0.300. The number of rotatable bonds is 9. The van der Waals surface area contributed by atoms with Gasteiger partial charge in [-0.2, -0.15) is 0 Å². The molecule has 10 nitrogen and oxygen atoms in total. The monoisotopic (exact) mass is 417 g/mol. The molecule has 0 radical (unpaired) electrons. The summed E-state index contributed by atoms with van der Waals surface area (Å²) in [6, 6.07) is 7.59. The Bertz CT molecular complexity index is 960. The topological polar surface area (TPSA) is 129 Å². The third-order valence-corrected chi connectivity index (χ3v) is 4.06. The summed E-state index contributed by atoms with van der Waals surface area (Å²) in [5, 5.41) is 16.4. The number of carbonyl (C=O) groups is 2. The first-order chi connectivity index (χ1) is 14.3. The Kier molecular flexibility index (Phi) is 7.56. The Morgan fingerprint density at radius 2 is 1.77 bits per heavy atom. The highest BCUT2D eigenvalue weighted by Gasteiger charge is 2.25. The van der Waals surface area contributed by atoms with Gasteiger partial charge in [-0.25, -0.2) is 0 Å². The third kappa shape index (κ3) is 5.37. The van der Waals surface area contributed by atoms with Crippen LogP contribution in [0.3, 0.4) is 0 Å². The van der Waals surface area contributed by atoms with Crippen LogP contribution in [0.15, 0.2) is 30.3 Å². The van der Waals surface area contributed by atoms with E-state index in [1.54, 1.807) is 19.1 Å². The van der Waals surface area contributed by atoms with E-state index >= 15 is 0 Å². The number of hydrogen-bond donors (Lipinski definition) is 2. The van der Waals surface area contributed by atoms with Crippen molar-refractivity contribution >= 4 is 23.2 Å². The number of methoxy groups -OCH3 is 2. The molecule has 2 rings (SSSR count). The zero-order valence-corrected chi connectivity index (χ0v) is 17.1. The van der Waals surface area contributed by atoms with E-state index < -0.39 is 29.0 Å². The molecule has 0 aliphatic carbocycles. The molecule has 2 N–H and O–H groups in total. The number of amides is 2. The minimum Gasteiger partial charge on any atom is -0.495 e. The molecule has 0 aromatic heterocycles. The maximum absolute atomic E-state index is 12.5. The normalized spacial score (nSPS) is 10.1. The summed E-state index contributed by atoms with van der Waals surface area (Å²) in [7, 11) is 2.81. The van der Waals surface area contributed by atoms with Crippen molar-refractivity contribution in [1.82, 2.24) is 5.32 Å². The lowest BCUT2D eigenvalue weighted by Crippen LogP contribution is -2.33. The Hall–Kier alpha value is -3.82. The quantitative estimate of drug-likeness (QED) is 0.474. The first-order valence-electron chi connectivity index (χ1n) is 9.02. The van der Waals surface area contributed by atoms with Crippen LogP contribution in [0.25, 0.3) is 0 Å². The molecule has 0 aliphatic heterocycles. The number of nitrogens with zero attached hydrogens (tertiary/aromatic N) is 1. The van der Waals surface area contributed by atoms with E-state index in [-0.39, 0.29) is 23.7 Å². The molecule has 0 saturated carbocycles. The first-order valence-corrected chi connectivity index (χ1v) is 9.02. The van der Waals surface area contributed by atoms with Crippen molar-refractivity contribution in [3.63, 3.8) is 0 Å². The predicted molar refractivity (Wildman–Crippen MR) is 110 cm³/mol. The zero-order chi connectivity index (χ0) is 22.3. The van der Waals surface area contributed by atoms with Gasteiger partial charge in [0, 0.05) is 6.07 Å². The van der Waals surface area contributed by atoms with Gasteiger partial charge in [-0.1, -0.05) is 6.07 Å². The number of anilines is 1. The third-order valence-electron chi connectivity index (χ3n) is 4.06. The summed E-state index contributed by atoms with van der Waals surface area (Å²) in [5.41, 5.74) is 0.650. The molecule has 0 unspecified atom stereocenters. The lowest BCUT2D eigenvalue weighted by atomic mass is 10.1. The summed E-state index contributed by atoms with van der Waals surface area (Å²) in [6.07, 6.45) is 0. The van der Waals surface area contributed by atoms with Crippen LogP contribution in [0, 0.1) is 17.0 Å². The summed E-state index contributed by atoms with van der Waals surface area (Å²) in [4.78, 5) is 35.5. The van der Waals surface area contributed by atoms with Crippen molar-refractivity contribution < 1.29 is 28.7 Å². The maximum atomic E-state index is 12.5. The van der Waals surface area contributed by atoms with E-state index in [9.17, 15) is 19.7 Å². The standard InChI is InChI=1S/C20H23N3O7/c1-5-30-18-9-13(15(23(26)27)10-17(18)29-4)20(25)21-11-19(24)22-14-8-12(2)6-7-16(14)28-3/h6-10H,5,11H2,1-4H3,(H,21,25)(H,22,24). The smallest absolute Gasteiger partial charge is 0.286 e. The molecule has 2 aromatic carbocycles. The van der Waals surface area contributed by atoms with E-state index in [1.807, 2.05) is 13.0 Å². The molecule has 0 fully saturated rings. The van der Waals surface area contributed by atoms with Crippen molar-refractivity contribution in [2.45, 2.75) is 13.8 Å². The lowest BCUT2D eigenvalue weighted by Gasteiger charge is -2.13. The van der Waals surface area contributed by atoms with Gasteiger partial charge in [-0.15, -0.1) is 0 Å². The Labute approximate surface area is 173 Å². The van der Waals surface area contributed by atoms with Crippen LogP contribution in [-0.4, -0.2) is 44.1 Å². The van der Waals surface area contributed by atoms with E-state index in [1.165, 1.54) is 20.3 Å². The molecular weight excluding hydrogens is 394 g/mol. The number of ether oxygens (including phenoxy) is 3. The minimum absolute atomic E-state index is 0.129. The van der Waals surface area contributed by atoms with Crippen molar-refractivity contribution in [1.29, 1.82) is 0 Å². The van der Waals surface area contributed by atoms with Gasteiger partial charge in [-0.3, -0.25) is 19.7 Å². The summed E-state index contributed by atoms with van der Waals surface area (Å²) in [5.74, 6) is -0.536. The molecule has 2 amide bonds. The Morgan fingerprint density at radius 3 is 2.37 bits per heavy atom. The second-order valence-electron chi connectivity index (χ2n) is 6.14. The van der Waals surface area contributed by atoms with Crippen molar-refractivity contribution in [2.75, 3.05) is 32.7 Å². The van der Waals surface area contributed by atoms with Gasteiger partial charge in [0.05, 0.1) is 44.0 Å². The van der Waals surface area contributed by atoms with E-state index in [0.717, 1.165) is 11.6 Å². The lowest BCUT2D eigenvalue weighted by molar-refractivity contribution is -0.385. The fourth-order valence-electron chi connectivity index (χ4n) is 2.68. The van der Waals surface area contributed by atoms with Crippen LogP contribution in [0.2, 0.25) is 0 Å². The second-order valence-corrected chi connectivity index (χ2v) is 6.14. The highest BCUT2D eigenvalue weighted by Crippen LogP contribution is 2.34. The zero-order valence-electron chi connectivity index (χ0n) is 17.1. The van der Waals surface area contributed by atoms with Crippen LogP contribution in [0.1, 0.15) is 22.8 Å². The first kappa shape index (κ1) is 22.5. The van der Waals surface area contributed by atoms with Crippen molar-refractivity contribution in [3.05, 3.63) is 51.6 Å². The van der Waals surface area contributed by atoms with Gasteiger partial charge < -0.3 is 24.8 Å². The van der Waals surface area contributed by atoms with E-state index in [2.05, 4.69) is 10.6 Å². The molecule has 2 aromatic rings. The van der Waals surface area contributed by atoms with Gasteiger partial charge in [0.1, 0.15) is 11.3 Å². The molecule has 0 bridgehead atoms. The van der Waals surface area contributed by atoms with Crippen LogP contribution in [-0.2, 0) is 4.79 Å². The summed E-state index contributed by atoms with van der Waals surface area (Å²) < 4.78 is 15.6. The summed E-state index contributed by atoms with van der Waals surface area (Å²) >= 11 is 0. The molecule has 0 heterocycles. The maximum Gasteiger partial charge on any atom is 0.286 e. The molecule has 30 heavy (non-hydrogen) atoms. The molecule has 0 aliphatic rings. The Morgan fingerprint density at radius 1 is 1.07 bits per heavy atom. The molecule has 0 spiro atoms. The average Bonchev–Trinajstić information content (AvgIpc) is 2.72. The highest BCUT2D eigenvalue weighted by atomic mass is 16.6. The van der Waals surface area contributed by atoms with E-state index in [0.29, 0.717) is 11.4 Å². The van der Waals surface area contributed by atoms with E-state index in [4.69, 9.17) is 14.2 Å². The fourth-order valence-corrected chi connectivity index (χ4v) is 2.68. The highest BCUT2D eigenvalue weighted by molar-refractivity contribution is 6.02. The number of nitro groups is 1. The summed E-state index contributed by atoms with van der Waals surface area (Å²) in [6.45, 7) is 3.46. The molecular formula is C20H23N3O7.